The molecule has 0 radical (unpaired) electrons. The van der Waals surface area contributed by atoms with Gasteiger partial charge < -0.3 is 5.32 Å². The number of nitrogens with zero attached hydrogens (tertiary/aromatic N) is 2. The summed E-state index contributed by atoms with van der Waals surface area (Å²) in [5.41, 5.74) is 0. The van der Waals surface area contributed by atoms with Crippen molar-refractivity contribution >= 4 is 11.8 Å². The first-order valence-corrected chi connectivity index (χ1v) is 7.01. The van der Waals surface area contributed by atoms with Gasteiger partial charge in [0.1, 0.15) is 11.9 Å². The van der Waals surface area contributed by atoms with Crippen molar-refractivity contribution in [3.63, 3.8) is 0 Å². The predicted molar refractivity (Wildman–Crippen MR) is 71.0 cm³/mol. The Labute approximate surface area is 111 Å². The quantitative estimate of drug-likeness (QED) is 0.841. The van der Waals surface area contributed by atoms with Gasteiger partial charge in [0.2, 0.25) is 0 Å². The van der Waals surface area contributed by atoms with Gasteiger partial charge in [0.25, 0.3) is 0 Å². The van der Waals surface area contributed by atoms with E-state index in [0.717, 1.165) is 36.8 Å². The van der Waals surface area contributed by atoms with Crippen LogP contribution >= 0.6 is 11.8 Å². The second-order valence-corrected chi connectivity index (χ2v) is 5.36. The Morgan fingerprint density at radius 1 is 1.44 bits per heavy atom. The molecule has 2 rings (SSSR count). The molecule has 1 aliphatic heterocycles. The maximum Gasteiger partial charge on any atom is 0.123 e. The first-order chi connectivity index (χ1) is 8.79. The molecule has 1 saturated heterocycles. The summed E-state index contributed by atoms with van der Waals surface area (Å²) < 4.78 is 12.7. The van der Waals surface area contributed by atoms with Crippen molar-refractivity contribution in [3.05, 3.63) is 30.1 Å². The molecule has 1 aromatic carbocycles. The third-order valence-corrected chi connectivity index (χ3v) is 3.96. The SMILES string of the molecule is N#CC1CNCCN1CCSc1ccc(F)cc1. The highest BCUT2D eigenvalue weighted by Gasteiger charge is 2.20. The number of hydrogen-bond acceptors (Lipinski definition) is 4. The molecule has 1 atom stereocenters. The fourth-order valence-corrected chi connectivity index (χ4v) is 2.84. The summed E-state index contributed by atoms with van der Waals surface area (Å²) in [6.07, 6.45) is 0. The number of benzene rings is 1. The van der Waals surface area contributed by atoms with Gasteiger partial charge in [0.15, 0.2) is 0 Å². The third kappa shape index (κ3) is 3.70. The molecule has 0 aromatic heterocycles. The normalized spacial score (nSPS) is 20.6. The molecule has 5 heteroatoms. The lowest BCUT2D eigenvalue weighted by molar-refractivity contribution is 0.209. The largest absolute Gasteiger partial charge is 0.313 e. The van der Waals surface area contributed by atoms with Gasteiger partial charge in [-0.25, -0.2) is 4.39 Å². The molecule has 0 aliphatic carbocycles. The van der Waals surface area contributed by atoms with Crippen LogP contribution in [-0.2, 0) is 0 Å². The highest BCUT2D eigenvalue weighted by Crippen LogP contribution is 2.18. The second kappa shape index (κ2) is 6.74. The molecule has 0 amide bonds. The van der Waals surface area contributed by atoms with Crippen LogP contribution in [0.25, 0.3) is 0 Å². The number of nitriles is 1. The van der Waals surface area contributed by atoms with E-state index >= 15 is 0 Å². The van der Waals surface area contributed by atoms with Gasteiger partial charge >= 0.3 is 0 Å². The van der Waals surface area contributed by atoms with E-state index in [1.54, 1.807) is 23.9 Å². The number of hydrogen-bond donors (Lipinski definition) is 1. The number of piperazine rings is 1. The monoisotopic (exact) mass is 265 g/mol. The van der Waals surface area contributed by atoms with Gasteiger partial charge in [-0.1, -0.05) is 0 Å². The van der Waals surface area contributed by atoms with Gasteiger partial charge in [-0.2, -0.15) is 5.26 Å². The minimum absolute atomic E-state index is 0.0208. The molecule has 3 nitrogen and oxygen atoms in total. The van der Waals surface area contributed by atoms with Crippen LogP contribution < -0.4 is 5.32 Å². The van der Waals surface area contributed by atoms with E-state index in [1.165, 1.54) is 12.1 Å². The average molecular weight is 265 g/mol. The smallest absolute Gasteiger partial charge is 0.123 e. The fraction of sp³-hybridized carbons (Fsp3) is 0.462. The maximum atomic E-state index is 12.7. The highest BCUT2D eigenvalue weighted by atomic mass is 32.2. The van der Waals surface area contributed by atoms with E-state index in [-0.39, 0.29) is 11.9 Å². The zero-order chi connectivity index (χ0) is 12.8. The number of thioether (sulfide) groups is 1. The van der Waals surface area contributed by atoms with Crippen molar-refractivity contribution in [2.75, 3.05) is 31.9 Å². The summed E-state index contributed by atoms with van der Waals surface area (Å²) in [7, 11) is 0. The zero-order valence-electron chi connectivity index (χ0n) is 10.1. The molecule has 1 fully saturated rings. The van der Waals surface area contributed by atoms with Crippen LogP contribution in [0.15, 0.2) is 29.2 Å². The fourth-order valence-electron chi connectivity index (χ4n) is 1.95. The first-order valence-electron chi connectivity index (χ1n) is 6.02. The van der Waals surface area contributed by atoms with Crippen LogP contribution in [0.1, 0.15) is 0 Å². The molecule has 96 valence electrons. The van der Waals surface area contributed by atoms with Crippen LogP contribution in [-0.4, -0.2) is 42.9 Å². The lowest BCUT2D eigenvalue weighted by Gasteiger charge is -2.31. The molecule has 1 aromatic rings. The summed E-state index contributed by atoms with van der Waals surface area (Å²) in [4.78, 5) is 3.27. The van der Waals surface area contributed by atoms with Crippen LogP contribution in [0, 0.1) is 17.1 Å². The van der Waals surface area contributed by atoms with Gasteiger partial charge in [-0.15, -0.1) is 11.8 Å². The molecule has 0 spiro atoms. The zero-order valence-corrected chi connectivity index (χ0v) is 10.9. The second-order valence-electron chi connectivity index (χ2n) is 4.19. The van der Waals surface area contributed by atoms with Crippen LogP contribution in [0.4, 0.5) is 4.39 Å². The Morgan fingerprint density at radius 3 is 2.94 bits per heavy atom. The summed E-state index contributed by atoms with van der Waals surface area (Å²) >= 11 is 1.70. The van der Waals surface area contributed by atoms with Gasteiger partial charge in [-0.3, -0.25) is 4.90 Å². The maximum absolute atomic E-state index is 12.7. The summed E-state index contributed by atoms with van der Waals surface area (Å²) in [5.74, 6) is 0.718. The first kappa shape index (κ1) is 13.3. The van der Waals surface area contributed by atoms with Crippen molar-refractivity contribution in [2.45, 2.75) is 10.9 Å². The summed E-state index contributed by atoms with van der Waals surface area (Å²) in [6.45, 7) is 3.50. The Morgan fingerprint density at radius 2 is 2.22 bits per heavy atom. The van der Waals surface area contributed by atoms with Crippen molar-refractivity contribution in [3.8, 4) is 6.07 Å². The van der Waals surface area contributed by atoms with Crippen molar-refractivity contribution in [1.29, 1.82) is 5.26 Å². The lowest BCUT2D eigenvalue weighted by Crippen LogP contribution is -2.51. The van der Waals surface area contributed by atoms with Crippen LogP contribution in [0.3, 0.4) is 0 Å². The average Bonchev–Trinajstić information content (AvgIpc) is 2.41. The van der Waals surface area contributed by atoms with Gasteiger partial charge in [-0.05, 0) is 24.3 Å². The Kier molecular flexibility index (Phi) is 5.00. The number of nitrogens with one attached hydrogen (secondary N) is 1. The van der Waals surface area contributed by atoms with E-state index < -0.39 is 0 Å². The molecule has 1 unspecified atom stereocenters. The predicted octanol–water partition coefficient (Wildman–Crippen LogP) is 1.72. The lowest BCUT2D eigenvalue weighted by atomic mass is 10.2. The van der Waals surface area contributed by atoms with E-state index in [2.05, 4.69) is 16.3 Å². The molecule has 1 aliphatic rings. The molecule has 1 N–H and O–H groups in total. The number of rotatable bonds is 4. The van der Waals surface area contributed by atoms with Crippen molar-refractivity contribution in [1.82, 2.24) is 10.2 Å². The highest BCUT2D eigenvalue weighted by molar-refractivity contribution is 7.99. The topological polar surface area (TPSA) is 39.1 Å². The summed E-state index contributed by atoms with van der Waals surface area (Å²) in [5, 5.41) is 12.2. The minimum atomic E-state index is -0.203. The van der Waals surface area contributed by atoms with Gasteiger partial charge in [0.05, 0.1) is 6.07 Å². The standard InChI is InChI=1S/C13H16FN3S/c14-11-1-3-13(4-2-11)18-8-7-17-6-5-16-10-12(17)9-15/h1-4,12,16H,5-8,10H2. The molecular formula is C13H16FN3S. The Hall–Kier alpha value is -1.09. The van der Waals surface area contributed by atoms with Crippen molar-refractivity contribution in [2.24, 2.45) is 0 Å². The van der Waals surface area contributed by atoms with Crippen LogP contribution in [0.2, 0.25) is 0 Å². The minimum Gasteiger partial charge on any atom is -0.313 e. The van der Waals surface area contributed by atoms with Gasteiger partial charge in [0, 0.05) is 36.8 Å². The molecule has 18 heavy (non-hydrogen) atoms. The van der Waals surface area contributed by atoms with E-state index in [9.17, 15) is 4.39 Å². The molecular weight excluding hydrogens is 249 g/mol. The number of halogens is 1. The molecule has 0 bridgehead atoms. The van der Waals surface area contributed by atoms with Crippen LogP contribution in [0.5, 0.6) is 0 Å². The summed E-state index contributed by atoms with van der Waals surface area (Å²) in [6, 6.07) is 8.83. The molecule has 1 heterocycles. The van der Waals surface area contributed by atoms with Crippen molar-refractivity contribution < 1.29 is 4.39 Å². The third-order valence-electron chi connectivity index (χ3n) is 2.96. The molecule has 0 saturated carbocycles. The Bertz CT molecular complexity index is 415. The van der Waals surface area contributed by atoms with E-state index in [4.69, 9.17) is 5.26 Å². The van der Waals surface area contributed by atoms with E-state index in [1.807, 2.05) is 0 Å². The van der Waals surface area contributed by atoms with E-state index in [0.29, 0.717) is 0 Å². The Balaban J connectivity index is 1.77.